The number of esters is 1. The van der Waals surface area contributed by atoms with Crippen LogP contribution < -0.4 is 0 Å². The predicted octanol–water partition coefficient (Wildman–Crippen LogP) is 6.46. The number of rotatable bonds is 1. The number of carbonyl (C=O) groups excluding carboxylic acids is 3. The minimum absolute atomic E-state index is 0.0430. The van der Waals surface area contributed by atoms with Gasteiger partial charge < -0.3 is 4.74 Å². The highest BCUT2D eigenvalue weighted by atomic mass is 16.5. The topological polar surface area (TPSA) is 84.2 Å². The van der Waals surface area contributed by atoms with E-state index in [2.05, 4.69) is 33.8 Å². The molecule has 1 unspecified atom stereocenters. The van der Waals surface area contributed by atoms with Crippen molar-refractivity contribution < 1.29 is 19.1 Å². The molecule has 37 heavy (non-hydrogen) atoms. The Morgan fingerprint density at radius 1 is 0.973 bits per heavy atom. The molecule has 0 saturated heterocycles. The molecule has 4 saturated carbocycles. The molecule has 0 spiro atoms. The van der Waals surface area contributed by atoms with E-state index >= 15 is 0 Å². The normalized spacial score (nSPS) is 50.4. The fourth-order valence-corrected chi connectivity index (χ4v) is 10.6. The number of ketones is 2. The quantitative estimate of drug-likeness (QED) is 0.380. The summed E-state index contributed by atoms with van der Waals surface area (Å²) in [6.07, 6.45) is 8.84. The Hall–Kier alpha value is -1.96. The zero-order chi connectivity index (χ0) is 27.4. The predicted molar refractivity (Wildman–Crippen MR) is 141 cm³/mol. The number of nitriles is 1. The second kappa shape index (κ2) is 7.80. The van der Waals surface area contributed by atoms with E-state index in [0.717, 1.165) is 38.5 Å². The summed E-state index contributed by atoms with van der Waals surface area (Å²) in [5.41, 5.74) is -0.686. The lowest BCUT2D eigenvalue weighted by atomic mass is 9.33. The lowest BCUT2D eigenvalue weighted by Crippen LogP contribution is -2.65. The van der Waals surface area contributed by atoms with Crippen molar-refractivity contribution in [1.29, 1.82) is 5.26 Å². The largest absolute Gasteiger partial charge is 0.469 e. The molecular weight excluding hydrogens is 462 g/mol. The van der Waals surface area contributed by atoms with Crippen LogP contribution in [-0.4, -0.2) is 24.6 Å². The number of fused-ring (bicyclic) bond motifs is 7. The van der Waals surface area contributed by atoms with Crippen LogP contribution >= 0.6 is 0 Å². The molecule has 0 radical (unpaired) electrons. The second-order valence-electron chi connectivity index (χ2n) is 15.2. The smallest absolute Gasteiger partial charge is 0.311 e. The van der Waals surface area contributed by atoms with Crippen LogP contribution in [0.5, 0.6) is 0 Å². The van der Waals surface area contributed by atoms with E-state index in [0.29, 0.717) is 12.8 Å². The zero-order valence-electron chi connectivity index (χ0n) is 24.1. The average molecular weight is 508 g/mol. The van der Waals surface area contributed by atoms with Gasteiger partial charge in [-0.1, -0.05) is 47.1 Å². The second-order valence-corrected chi connectivity index (χ2v) is 15.2. The fraction of sp³-hybridized carbons (Fsp3) is 0.812. The van der Waals surface area contributed by atoms with E-state index in [4.69, 9.17) is 4.74 Å². The van der Waals surface area contributed by atoms with E-state index in [1.165, 1.54) is 12.7 Å². The van der Waals surface area contributed by atoms with E-state index in [9.17, 15) is 19.6 Å². The molecule has 0 bridgehead atoms. The van der Waals surface area contributed by atoms with Crippen molar-refractivity contribution in [3.8, 4) is 6.07 Å². The average Bonchev–Trinajstić information content (AvgIpc) is 2.83. The Bertz CT molecular complexity index is 1150. The number of Topliss-reactive ketones (excluding diaryl/α,β-unsaturated/α-hetero) is 1. The Kier molecular flexibility index (Phi) is 5.61. The summed E-state index contributed by atoms with van der Waals surface area (Å²) in [5, 5.41) is 9.93. The lowest BCUT2D eigenvalue weighted by molar-refractivity contribution is -0.182. The summed E-state index contributed by atoms with van der Waals surface area (Å²) < 4.78 is 5.23. The van der Waals surface area contributed by atoms with Crippen LogP contribution in [0.15, 0.2) is 11.6 Å². The van der Waals surface area contributed by atoms with Crippen LogP contribution in [-0.2, 0) is 19.1 Å². The van der Waals surface area contributed by atoms with E-state index in [1.807, 2.05) is 26.8 Å². The van der Waals surface area contributed by atoms with E-state index in [1.54, 1.807) is 0 Å². The minimum Gasteiger partial charge on any atom is -0.469 e. The first-order valence-corrected chi connectivity index (χ1v) is 14.3. The van der Waals surface area contributed by atoms with Crippen molar-refractivity contribution >= 4 is 17.5 Å². The third kappa shape index (κ3) is 3.17. The maximum atomic E-state index is 14.3. The molecule has 5 aliphatic rings. The van der Waals surface area contributed by atoms with Gasteiger partial charge in [0.1, 0.15) is 5.92 Å². The van der Waals surface area contributed by atoms with Crippen molar-refractivity contribution in [2.45, 2.75) is 99.8 Å². The maximum Gasteiger partial charge on any atom is 0.311 e. The van der Waals surface area contributed by atoms with Gasteiger partial charge in [-0.15, -0.1) is 0 Å². The van der Waals surface area contributed by atoms with Gasteiger partial charge in [-0.2, -0.15) is 5.26 Å². The molecular formula is C32H45NO4. The molecule has 5 nitrogen and oxygen atoms in total. The molecule has 0 aliphatic heterocycles. The van der Waals surface area contributed by atoms with Crippen LogP contribution in [0.25, 0.3) is 0 Å². The van der Waals surface area contributed by atoms with Crippen molar-refractivity contribution in [2.24, 2.45) is 56.2 Å². The van der Waals surface area contributed by atoms with Gasteiger partial charge in [-0.25, -0.2) is 0 Å². The number of nitrogens with zero attached hydrogens (tertiary/aromatic N) is 1. The number of hydrogen-bond acceptors (Lipinski definition) is 5. The van der Waals surface area contributed by atoms with Gasteiger partial charge in [-0.05, 0) is 97.9 Å². The molecule has 0 amide bonds. The summed E-state index contributed by atoms with van der Waals surface area (Å²) >= 11 is 0. The summed E-state index contributed by atoms with van der Waals surface area (Å²) in [4.78, 5) is 40.5. The van der Waals surface area contributed by atoms with Crippen LogP contribution in [0.4, 0.5) is 0 Å². The Labute approximate surface area is 222 Å². The molecule has 4 fully saturated rings. The van der Waals surface area contributed by atoms with Crippen molar-refractivity contribution in [3.63, 3.8) is 0 Å². The van der Waals surface area contributed by atoms with Crippen LogP contribution in [0.1, 0.15) is 99.8 Å². The monoisotopic (exact) mass is 507 g/mol. The summed E-state index contributed by atoms with van der Waals surface area (Å²) in [6.45, 7) is 15.3. The van der Waals surface area contributed by atoms with Gasteiger partial charge in [0.2, 0.25) is 0 Å². The SMILES string of the molecule is COC(=O)[C@@]1(C)CC[C@]2(C)CC[C@]3(C)[C@H](C(=O)C=C4[C@@]5(C)CC(C#N)C(=O)C(C)(C)[C@@H]5CC[C@]43C)[C@@H]2C1. The molecule has 0 aromatic rings. The molecule has 0 N–H and O–H groups in total. The van der Waals surface area contributed by atoms with Gasteiger partial charge in [-0.3, -0.25) is 14.4 Å². The first kappa shape index (κ1) is 26.6. The van der Waals surface area contributed by atoms with Crippen LogP contribution in [0.2, 0.25) is 0 Å². The summed E-state index contributed by atoms with van der Waals surface area (Å²) in [7, 11) is 1.47. The maximum absolute atomic E-state index is 14.3. The molecule has 0 heterocycles. The van der Waals surface area contributed by atoms with Crippen molar-refractivity contribution in [1.82, 2.24) is 0 Å². The number of carbonyl (C=O) groups is 3. The zero-order valence-corrected chi connectivity index (χ0v) is 24.1. The molecule has 5 aliphatic carbocycles. The van der Waals surface area contributed by atoms with Crippen molar-refractivity contribution in [2.75, 3.05) is 7.11 Å². The highest BCUT2D eigenvalue weighted by Crippen LogP contribution is 2.75. The number of ether oxygens (including phenoxy) is 1. The molecule has 0 aromatic carbocycles. The van der Waals surface area contributed by atoms with Gasteiger partial charge in [0.25, 0.3) is 0 Å². The van der Waals surface area contributed by atoms with Gasteiger partial charge in [0.05, 0.1) is 18.6 Å². The van der Waals surface area contributed by atoms with Gasteiger partial charge in [0, 0.05) is 11.3 Å². The van der Waals surface area contributed by atoms with Gasteiger partial charge in [0.15, 0.2) is 11.6 Å². The minimum atomic E-state index is -0.631. The summed E-state index contributed by atoms with van der Waals surface area (Å²) in [6, 6.07) is 2.31. The third-order valence-electron chi connectivity index (χ3n) is 13.2. The van der Waals surface area contributed by atoms with E-state index in [-0.39, 0.29) is 56.9 Å². The standard InChI is InChI=1S/C32H45NO4/c1-27(2)22-9-10-31(6)23(30(22,5)16-19(18-33)25(27)35)15-21(34)24-20-17-29(4,26(36)37-8)12-11-28(20,3)13-14-32(24,31)7/h15,19-20,22,24H,9-14,16-17H2,1-8H3/t19?,20-,22-,24-,28+,29-,30-,31+,32+/m0/s1. The molecule has 202 valence electrons. The fourth-order valence-electron chi connectivity index (χ4n) is 10.6. The number of hydrogen-bond donors (Lipinski definition) is 0. The first-order valence-electron chi connectivity index (χ1n) is 14.3. The van der Waals surface area contributed by atoms with E-state index < -0.39 is 16.7 Å². The highest BCUT2D eigenvalue weighted by Gasteiger charge is 2.70. The Balaban J connectivity index is 1.63. The number of allylic oxidation sites excluding steroid dienone is 2. The molecule has 5 rings (SSSR count). The Morgan fingerprint density at radius 3 is 2.24 bits per heavy atom. The number of methoxy groups -OCH3 is 1. The molecule has 9 atom stereocenters. The summed E-state index contributed by atoms with van der Waals surface area (Å²) in [5.74, 6) is -0.403. The lowest BCUT2D eigenvalue weighted by Gasteiger charge is -2.69. The first-order chi connectivity index (χ1) is 17.0. The molecule has 5 heteroatoms. The highest BCUT2D eigenvalue weighted by molar-refractivity contribution is 5.96. The third-order valence-corrected chi connectivity index (χ3v) is 13.2. The van der Waals surface area contributed by atoms with Crippen LogP contribution in [0.3, 0.4) is 0 Å². The van der Waals surface area contributed by atoms with Crippen LogP contribution in [0, 0.1) is 67.5 Å². The Morgan fingerprint density at radius 2 is 1.62 bits per heavy atom. The molecule has 0 aromatic heterocycles. The van der Waals surface area contributed by atoms with Gasteiger partial charge >= 0.3 is 5.97 Å². The van der Waals surface area contributed by atoms with Crippen molar-refractivity contribution in [3.05, 3.63) is 11.6 Å².